The molecule has 2 N–H and O–H groups in total. The largest absolute Gasteiger partial charge is 0.490 e. The van der Waals surface area contributed by atoms with Crippen LogP contribution in [-0.2, 0) is 16.1 Å². The maximum Gasteiger partial charge on any atom is 0.257 e. The normalized spacial score (nSPS) is 23.3. The molecule has 0 radical (unpaired) electrons. The Hall–Kier alpha value is -4.35. The number of nitrogens with one attached hydrogen (secondary N) is 2. The third kappa shape index (κ3) is 7.15. The van der Waals surface area contributed by atoms with E-state index in [1.54, 1.807) is 24.1 Å². The zero-order valence-corrected chi connectivity index (χ0v) is 25.0. The number of likely N-dealkylation sites (tertiary alicyclic amines) is 1. The SMILES string of the molecule is CN1C(=O)c2cc(NC(=O)c3ccc(F)c(F)c3)ccc2OC[C@@H]2O[C@H](CC(=O)N[C@@H]3CCN(Cc4ccccc4)C3)CC[C@H]21. The second kappa shape index (κ2) is 13.3. The lowest BCUT2D eigenvalue weighted by Gasteiger charge is -2.42. The molecule has 0 saturated carbocycles. The summed E-state index contributed by atoms with van der Waals surface area (Å²) in [4.78, 5) is 43.1. The van der Waals surface area contributed by atoms with Crippen molar-refractivity contribution >= 4 is 23.4 Å². The van der Waals surface area contributed by atoms with Gasteiger partial charge >= 0.3 is 0 Å². The molecule has 0 aliphatic carbocycles. The molecule has 3 aliphatic heterocycles. The number of rotatable bonds is 7. The summed E-state index contributed by atoms with van der Waals surface area (Å²) in [6, 6.07) is 17.7. The summed E-state index contributed by atoms with van der Waals surface area (Å²) in [7, 11) is 1.71. The highest BCUT2D eigenvalue weighted by Gasteiger charge is 2.39. The van der Waals surface area contributed by atoms with E-state index in [9.17, 15) is 23.2 Å². The Labute approximate surface area is 260 Å². The van der Waals surface area contributed by atoms with Gasteiger partial charge in [0, 0.05) is 44.0 Å². The third-order valence-electron chi connectivity index (χ3n) is 8.75. The lowest BCUT2D eigenvalue weighted by molar-refractivity contribution is -0.134. The van der Waals surface area contributed by atoms with Gasteiger partial charge in [-0.3, -0.25) is 19.3 Å². The molecule has 4 atom stereocenters. The van der Waals surface area contributed by atoms with Crippen molar-refractivity contribution in [1.29, 1.82) is 0 Å². The lowest BCUT2D eigenvalue weighted by atomic mass is 9.94. The Morgan fingerprint density at radius 1 is 0.978 bits per heavy atom. The molecule has 0 aromatic heterocycles. The van der Waals surface area contributed by atoms with E-state index in [0.29, 0.717) is 24.3 Å². The first kappa shape index (κ1) is 30.7. The van der Waals surface area contributed by atoms with Crippen LogP contribution in [0, 0.1) is 11.6 Å². The third-order valence-corrected chi connectivity index (χ3v) is 8.75. The lowest BCUT2D eigenvalue weighted by Crippen LogP contribution is -2.54. The van der Waals surface area contributed by atoms with Gasteiger partial charge in [0.1, 0.15) is 18.5 Å². The van der Waals surface area contributed by atoms with E-state index >= 15 is 0 Å². The van der Waals surface area contributed by atoms with E-state index in [2.05, 4.69) is 27.7 Å². The highest BCUT2D eigenvalue weighted by molar-refractivity contribution is 6.05. The number of carbonyl (C=O) groups excluding carboxylic acids is 3. The first-order valence-electron chi connectivity index (χ1n) is 15.2. The van der Waals surface area contributed by atoms with Crippen molar-refractivity contribution in [2.45, 2.75) is 56.5 Å². The van der Waals surface area contributed by atoms with Crippen molar-refractivity contribution in [3.05, 3.63) is 95.1 Å². The quantitative estimate of drug-likeness (QED) is 0.408. The summed E-state index contributed by atoms with van der Waals surface area (Å²) >= 11 is 0. The maximum absolute atomic E-state index is 13.6. The van der Waals surface area contributed by atoms with Crippen LogP contribution >= 0.6 is 0 Å². The summed E-state index contributed by atoms with van der Waals surface area (Å²) in [6.45, 7) is 2.80. The van der Waals surface area contributed by atoms with Crippen LogP contribution in [0.1, 0.15) is 52.0 Å². The van der Waals surface area contributed by atoms with Crippen molar-refractivity contribution in [2.75, 3.05) is 32.1 Å². The van der Waals surface area contributed by atoms with Crippen molar-refractivity contribution < 1.29 is 32.6 Å². The zero-order valence-electron chi connectivity index (χ0n) is 25.0. The van der Waals surface area contributed by atoms with Crippen LogP contribution in [0.4, 0.5) is 14.5 Å². The van der Waals surface area contributed by atoms with Crippen molar-refractivity contribution in [2.24, 2.45) is 0 Å². The molecule has 3 amide bonds. The maximum atomic E-state index is 13.6. The number of likely N-dealkylation sites (N-methyl/N-ethyl adjacent to an activating group) is 1. The summed E-state index contributed by atoms with van der Waals surface area (Å²) < 4.78 is 39.2. The highest BCUT2D eigenvalue weighted by Crippen LogP contribution is 2.33. The van der Waals surface area contributed by atoms with Gasteiger partial charge in [0.05, 0.1) is 24.1 Å². The van der Waals surface area contributed by atoms with Gasteiger partial charge in [0.25, 0.3) is 11.8 Å². The Kier molecular flexibility index (Phi) is 9.09. The fourth-order valence-corrected chi connectivity index (χ4v) is 6.38. The predicted molar refractivity (Wildman–Crippen MR) is 163 cm³/mol. The fourth-order valence-electron chi connectivity index (χ4n) is 6.38. The molecule has 3 heterocycles. The van der Waals surface area contributed by atoms with Crippen LogP contribution in [0.25, 0.3) is 0 Å². The Morgan fingerprint density at radius 3 is 2.60 bits per heavy atom. The summed E-state index contributed by atoms with van der Waals surface area (Å²) in [5.41, 5.74) is 1.77. The minimum Gasteiger partial charge on any atom is -0.490 e. The molecule has 45 heavy (non-hydrogen) atoms. The first-order valence-corrected chi connectivity index (χ1v) is 15.2. The monoisotopic (exact) mass is 618 g/mol. The first-order chi connectivity index (χ1) is 21.7. The van der Waals surface area contributed by atoms with Gasteiger partial charge in [-0.1, -0.05) is 30.3 Å². The smallest absolute Gasteiger partial charge is 0.257 e. The number of anilines is 1. The van der Waals surface area contributed by atoms with Gasteiger partial charge < -0.3 is 25.0 Å². The molecule has 0 spiro atoms. The molecule has 11 heteroatoms. The number of halogens is 2. The van der Waals surface area contributed by atoms with Gasteiger partial charge in [-0.2, -0.15) is 0 Å². The summed E-state index contributed by atoms with van der Waals surface area (Å²) in [5.74, 6) is -2.82. The van der Waals surface area contributed by atoms with E-state index in [4.69, 9.17) is 9.47 Å². The molecule has 9 nitrogen and oxygen atoms in total. The van der Waals surface area contributed by atoms with Crippen molar-refractivity contribution in [3.63, 3.8) is 0 Å². The van der Waals surface area contributed by atoms with E-state index in [1.165, 1.54) is 17.7 Å². The van der Waals surface area contributed by atoms with E-state index in [1.807, 2.05) is 18.2 Å². The van der Waals surface area contributed by atoms with E-state index in [0.717, 1.165) is 38.2 Å². The van der Waals surface area contributed by atoms with Crippen LogP contribution in [-0.4, -0.2) is 78.6 Å². The summed E-state index contributed by atoms with van der Waals surface area (Å²) in [6.07, 6.45) is 1.71. The number of benzene rings is 3. The van der Waals surface area contributed by atoms with Gasteiger partial charge in [-0.15, -0.1) is 0 Å². The molecule has 3 aliphatic rings. The van der Waals surface area contributed by atoms with Gasteiger partial charge in [-0.25, -0.2) is 8.78 Å². The molecule has 0 bridgehead atoms. The second-order valence-electron chi connectivity index (χ2n) is 11.9. The van der Waals surface area contributed by atoms with E-state index in [-0.39, 0.29) is 54.2 Å². The fraction of sp³-hybridized carbons (Fsp3) is 0.382. The number of carbonyl (C=O) groups is 3. The van der Waals surface area contributed by atoms with Crippen LogP contribution in [0.3, 0.4) is 0 Å². The average molecular weight is 619 g/mol. The molecule has 3 aromatic carbocycles. The van der Waals surface area contributed by atoms with Crippen LogP contribution < -0.4 is 15.4 Å². The number of ether oxygens (including phenoxy) is 2. The number of hydrogen-bond donors (Lipinski definition) is 2. The second-order valence-corrected chi connectivity index (χ2v) is 11.9. The highest BCUT2D eigenvalue weighted by atomic mass is 19.2. The van der Waals surface area contributed by atoms with Crippen LogP contribution in [0.5, 0.6) is 5.75 Å². The van der Waals surface area contributed by atoms with Crippen molar-refractivity contribution in [1.82, 2.24) is 15.1 Å². The Bertz CT molecular complexity index is 1570. The molecule has 6 rings (SSSR count). The molecular weight excluding hydrogens is 582 g/mol. The average Bonchev–Trinajstić information content (AvgIpc) is 3.47. The molecule has 2 fully saturated rings. The molecular formula is C34H36F2N4O5. The number of fused-ring (bicyclic) bond motifs is 2. The Morgan fingerprint density at radius 2 is 1.80 bits per heavy atom. The van der Waals surface area contributed by atoms with Gasteiger partial charge in [0.2, 0.25) is 5.91 Å². The van der Waals surface area contributed by atoms with E-state index < -0.39 is 23.6 Å². The van der Waals surface area contributed by atoms with Gasteiger partial charge in [0.15, 0.2) is 11.6 Å². The molecule has 236 valence electrons. The molecule has 2 saturated heterocycles. The number of amides is 3. The predicted octanol–water partition coefficient (Wildman–Crippen LogP) is 4.38. The standard InChI is InChI=1S/C34H36F2N4O5/c1-39-29-11-9-25(17-32(41)37-24-13-14-40(19-24)18-21-5-3-2-4-6-21)45-31(29)20-44-30-12-8-23(16-26(30)34(39)43)38-33(42)22-7-10-27(35)28(36)15-22/h2-8,10,12,15-16,24-25,29,31H,9,11,13-14,17-20H2,1H3,(H,37,41)(H,38,42)/t24-,25+,29-,31+/m1/s1. The Balaban J connectivity index is 1.04. The minimum atomic E-state index is -1.13. The summed E-state index contributed by atoms with van der Waals surface area (Å²) in [5, 5.41) is 5.80. The number of nitrogens with zero attached hydrogens (tertiary/aromatic N) is 2. The zero-order chi connectivity index (χ0) is 31.5. The van der Waals surface area contributed by atoms with Crippen LogP contribution in [0.2, 0.25) is 0 Å². The number of hydrogen-bond acceptors (Lipinski definition) is 6. The molecule has 3 aromatic rings. The van der Waals surface area contributed by atoms with Crippen molar-refractivity contribution in [3.8, 4) is 5.75 Å². The molecule has 0 unspecified atom stereocenters. The topological polar surface area (TPSA) is 100 Å². The minimum absolute atomic E-state index is 0.0375. The van der Waals surface area contributed by atoms with Crippen LogP contribution in [0.15, 0.2) is 66.7 Å². The van der Waals surface area contributed by atoms with Gasteiger partial charge in [-0.05, 0) is 61.2 Å².